The normalized spacial score (nSPS) is 11.1. The average Bonchev–Trinajstić information content (AvgIpc) is 2.94. The second kappa shape index (κ2) is 4.31. The molecular formula is C13H13N3S. The fourth-order valence-corrected chi connectivity index (χ4v) is 3.07. The third-order valence-electron chi connectivity index (χ3n) is 2.85. The number of rotatable bonds is 3. The van der Waals surface area contributed by atoms with Gasteiger partial charge in [0.15, 0.2) is 0 Å². The Bertz CT molecular complexity index is 606. The summed E-state index contributed by atoms with van der Waals surface area (Å²) in [5.41, 5.74) is 7.88. The van der Waals surface area contributed by atoms with E-state index in [2.05, 4.69) is 40.5 Å². The first-order valence-electron chi connectivity index (χ1n) is 5.55. The Balaban J connectivity index is 1.94. The fourth-order valence-electron chi connectivity index (χ4n) is 1.98. The molecule has 0 amide bonds. The summed E-state index contributed by atoms with van der Waals surface area (Å²) in [6.45, 7) is 0.514. The Morgan fingerprint density at radius 3 is 3.00 bits per heavy atom. The maximum absolute atomic E-state index is 5.66. The van der Waals surface area contributed by atoms with Gasteiger partial charge in [0.25, 0.3) is 0 Å². The van der Waals surface area contributed by atoms with Gasteiger partial charge in [-0.2, -0.15) is 5.10 Å². The predicted octanol–water partition coefficient (Wildman–Crippen LogP) is 2.67. The largest absolute Gasteiger partial charge is 0.325 e. The van der Waals surface area contributed by atoms with E-state index in [1.807, 2.05) is 17.5 Å². The van der Waals surface area contributed by atoms with Gasteiger partial charge < -0.3 is 5.73 Å². The van der Waals surface area contributed by atoms with Gasteiger partial charge in [0.1, 0.15) is 0 Å². The number of H-pyrrole nitrogens is 1. The van der Waals surface area contributed by atoms with Crippen LogP contribution >= 0.6 is 11.3 Å². The smallest absolute Gasteiger partial charge is 0.0526 e. The lowest BCUT2D eigenvalue weighted by Crippen LogP contribution is -2.00. The van der Waals surface area contributed by atoms with Crippen molar-refractivity contribution in [3.63, 3.8) is 0 Å². The molecule has 0 saturated heterocycles. The van der Waals surface area contributed by atoms with Crippen LogP contribution in [0.25, 0.3) is 10.1 Å². The number of hydrogen-bond acceptors (Lipinski definition) is 3. The number of nitrogens with one attached hydrogen (secondary N) is 1. The highest BCUT2D eigenvalue weighted by molar-refractivity contribution is 7.19. The molecule has 4 heteroatoms. The minimum absolute atomic E-state index is 0.514. The molecule has 0 saturated carbocycles. The van der Waals surface area contributed by atoms with Crippen LogP contribution in [0.2, 0.25) is 0 Å². The summed E-state index contributed by atoms with van der Waals surface area (Å²) in [5.74, 6) is 0. The molecule has 0 bridgehead atoms. The molecule has 3 N–H and O–H groups in total. The van der Waals surface area contributed by atoms with Gasteiger partial charge in [0.2, 0.25) is 0 Å². The molecule has 0 radical (unpaired) electrons. The molecule has 0 atom stereocenters. The lowest BCUT2D eigenvalue weighted by molar-refractivity contribution is 0.935. The zero-order chi connectivity index (χ0) is 11.7. The number of benzene rings is 1. The summed E-state index contributed by atoms with van der Waals surface area (Å²) in [6, 6.07) is 10.7. The van der Waals surface area contributed by atoms with Gasteiger partial charge in [0, 0.05) is 22.5 Å². The van der Waals surface area contributed by atoms with Crippen molar-refractivity contribution in [1.29, 1.82) is 0 Å². The highest BCUT2D eigenvalue weighted by atomic mass is 32.1. The predicted molar refractivity (Wildman–Crippen MR) is 71.1 cm³/mol. The quantitative estimate of drug-likeness (QED) is 0.743. The molecule has 0 fully saturated rings. The van der Waals surface area contributed by atoms with Crippen molar-refractivity contribution in [1.82, 2.24) is 10.2 Å². The summed E-state index contributed by atoms with van der Waals surface area (Å²) in [7, 11) is 0. The van der Waals surface area contributed by atoms with Crippen molar-refractivity contribution >= 4 is 21.4 Å². The molecule has 0 spiro atoms. The number of nitrogens with two attached hydrogens (primary N) is 1. The molecule has 1 aromatic carbocycles. The Kier molecular flexibility index (Phi) is 2.66. The number of fused-ring (bicyclic) bond motifs is 1. The first-order valence-corrected chi connectivity index (χ1v) is 6.37. The Labute approximate surface area is 103 Å². The van der Waals surface area contributed by atoms with Crippen LogP contribution in [0.5, 0.6) is 0 Å². The minimum Gasteiger partial charge on any atom is -0.325 e. The molecule has 3 aromatic rings. The molecule has 3 nitrogen and oxygen atoms in total. The van der Waals surface area contributed by atoms with Crippen LogP contribution in [-0.2, 0) is 13.0 Å². The molecule has 3 rings (SSSR count). The van der Waals surface area contributed by atoms with Crippen LogP contribution in [0, 0.1) is 0 Å². The molecule has 2 heterocycles. The zero-order valence-corrected chi connectivity index (χ0v) is 10.1. The van der Waals surface area contributed by atoms with Gasteiger partial charge in [0.05, 0.1) is 11.9 Å². The Hall–Kier alpha value is -1.65. The molecule has 17 heavy (non-hydrogen) atoms. The average molecular weight is 243 g/mol. The third-order valence-corrected chi connectivity index (χ3v) is 3.97. The maximum atomic E-state index is 5.66. The first kappa shape index (κ1) is 10.5. The summed E-state index contributed by atoms with van der Waals surface area (Å²) < 4.78 is 1.33. The van der Waals surface area contributed by atoms with Crippen LogP contribution in [0.15, 0.2) is 36.5 Å². The van der Waals surface area contributed by atoms with Crippen LogP contribution in [0.4, 0.5) is 0 Å². The summed E-state index contributed by atoms with van der Waals surface area (Å²) in [6.07, 6.45) is 2.77. The lowest BCUT2D eigenvalue weighted by atomic mass is 10.1. The van der Waals surface area contributed by atoms with E-state index in [9.17, 15) is 0 Å². The topological polar surface area (TPSA) is 54.7 Å². The van der Waals surface area contributed by atoms with Crippen LogP contribution in [-0.4, -0.2) is 10.2 Å². The van der Waals surface area contributed by atoms with Crippen molar-refractivity contribution in [2.75, 3.05) is 0 Å². The van der Waals surface area contributed by atoms with Crippen molar-refractivity contribution < 1.29 is 0 Å². The van der Waals surface area contributed by atoms with Gasteiger partial charge in [-0.1, -0.05) is 18.2 Å². The Morgan fingerprint density at radius 1 is 1.29 bits per heavy atom. The van der Waals surface area contributed by atoms with E-state index in [-0.39, 0.29) is 0 Å². The second-order valence-electron chi connectivity index (χ2n) is 4.01. The first-order chi connectivity index (χ1) is 8.36. The standard InChI is InChI=1S/C13H13N3S/c14-7-12-10(8-15-16-12)6-11-5-9-3-1-2-4-13(9)17-11/h1-5,8H,6-7,14H2,(H,15,16). The zero-order valence-electron chi connectivity index (χ0n) is 9.31. The van der Waals surface area contributed by atoms with Crippen molar-refractivity contribution in [2.24, 2.45) is 5.73 Å². The van der Waals surface area contributed by atoms with Gasteiger partial charge in [-0.25, -0.2) is 0 Å². The number of thiophene rings is 1. The summed E-state index contributed by atoms with van der Waals surface area (Å²) >= 11 is 1.83. The number of aromatic nitrogens is 2. The number of hydrogen-bond donors (Lipinski definition) is 2. The second-order valence-corrected chi connectivity index (χ2v) is 5.17. The molecule has 0 aliphatic rings. The van der Waals surface area contributed by atoms with Gasteiger partial charge in [-0.3, -0.25) is 5.10 Å². The molecular weight excluding hydrogens is 230 g/mol. The monoisotopic (exact) mass is 243 g/mol. The van der Waals surface area contributed by atoms with E-state index in [1.165, 1.54) is 20.5 Å². The van der Waals surface area contributed by atoms with Gasteiger partial charge in [-0.15, -0.1) is 11.3 Å². The number of aromatic amines is 1. The minimum atomic E-state index is 0.514. The molecule has 0 aliphatic carbocycles. The molecule has 2 aromatic heterocycles. The Morgan fingerprint density at radius 2 is 2.18 bits per heavy atom. The summed E-state index contributed by atoms with van der Waals surface area (Å²) in [4.78, 5) is 1.35. The van der Waals surface area contributed by atoms with E-state index in [1.54, 1.807) is 0 Å². The maximum Gasteiger partial charge on any atom is 0.0526 e. The van der Waals surface area contributed by atoms with Crippen molar-refractivity contribution in [3.8, 4) is 0 Å². The van der Waals surface area contributed by atoms with Gasteiger partial charge in [-0.05, 0) is 23.1 Å². The third kappa shape index (κ3) is 1.97. The van der Waals surface area contributed by atoms with Crippen LogP contribution in [0.1, 0.15) is 16.1 Å². The van der Waals surface area contributed by atoms with Crippen molar-refractivity contribution in [2.45, 2.75) is 13.0 Å². The van der Waals surface area contributed by atoms with E-state index in [0.717, 1.165) is 12.1 Å². The lowest BCUT2D eigenvalue weighted by Gasteiger charge is -1.97. The van der Waals surface area contributed by atoms with Crippen LogP contribution in [0.3, 0.4) is 0 Å². The van der Waals surface area contributed by atoms with E-state index in [0.29, 0.717) is 6.54 Å². The molecule has 0 unspecified atom stereocenters. The SMILES string of the molecule is NCc1[nH]ncc1Cc1cc2ccccc2s1. The van der Waals surface area contributed by atoms with Crippen LogP contribution < -0.4 is 5.73 Å². The molecule has 0 aliphatic heterocycles. The van der Waals surface area contributed by atoms with E-state index in [4.69, 9.17) is 5.73 Å². The van der Waals surface area contributed by atoms with Crippen molar-refractivity contribution in [3.05, 3.63) is 52.7 Å². The van der Waals surface area contributed by atoms with E-state index < -0.39 is 0 Å². The molecule has 86 valence electrons. The summed E-state index contributed by atoms with van der Waals surface area (Å²) in [5, 5.41) is 8.29. The van der Waals surface area contributed by atoms with E-state index >= 15 is 0 Å². The van der Waals surface area contributed by atoms with Gasteiger partial charge >= 0.3 is 0 Å². The fraction of sp³-hybridized carbons (Fsp3) is 0.154. The highest BCUT2D eigenvalue weighted by Gasteiger charge is 2.07. The highest BCUT2D eigenvalue weighted by Crippen LogP contribution is 2.27. The number of nitrogens with zero attached hydrogens (tertiary/aromatic N) is 1.